The summed E-state index contributed by atoms with van der Waals surface area (Å²) in [5, 5.41) is 2.55. The number of ether oxygens (including phenoxy) is 1. The van der Waals surface area contributed by atoms with Gasteiger partial charge in [-0.2, -0.15) is 0 Å². The van der Waals surface area contributed by atoms with Crippen LogP contribution in [0.5, 0.6) is 0 Å². The molecule has 1 aromatic carbocycles. The fourth-order valence-corrected chi connectivity index (χ4v) is 2.74. The summed E-state index contributed by atoms with van der Waals surface area (Å²) in [5.41, 5.74) is 0.409. The number of halogens is 1. The Morgan fingerprint density at radius 1 is 1.32 bits per heavy atom. The van der Waals surface area contributed by atoms with Crippen LogP contribution in [0.25, 0.3) is 0 Å². The van der Waals surface area contributed by atoms with Gasteiger partial charge in [0.05, 0.1) is 12.6 Å². The number of benzene rings is 1. The van der Waals surface area contributed by atoms with Gasteiger partial charge in [0.2, 0.25) is 5.82 Å². The van der Waals surface area contributed by atoms with Gasteiger partial charge in [0, 0.05) is 26.0 Å². The summed E-state index contributed by atoms with van der Waals surface area (Å²) < 4.78 is 20.3. The monoisotopic (exact) mass is 346 g/mol. The molecule has 0 aliphatic carbocycles. The predicted octanol–water partition coefficient (Wildman–Crippen LogP) is 1.91. The lowest BCUT2D eigenvalue weighted by Gasteiger charge is -2.36. The average molecular weight is 346 g/mol. The predicted molar refractivity (Wildman–Crippen MR) is 89.8 cm³/mol. The van der Waals surface area contributed by atoms with Gasteiger partial charge in [-0.25, -0.2) is 14.2 Å². The topological polar surface area (TPSA) is 76.5 Å². The molecule has 1 aliphatic heterocycles. The molecular formula is C17H19FN4O3. The Balaban J connectivity index is 1.74. The number of hydrogen-bond acceptors (Lipinski definition) is 4. The number of aromatic nitrogens is 2. The van der Waals surface area contributed by atoms with Gasteiger partial charge in [-0.15, -0.1) is 0 Å². The van der Waals surface area contributed by atoms with Crippen molar-refractivity contribution in [2.24, 2.45) is 7.05 Å². The van der Waals surface area contributed by atoms with E-state index >= 15 is 0 Å². The van der Waals surface area contributed by atoms with Crippen molar-refractivity contribution in [2.45, 2.75) is 19.1 Å². The molecule has 7 nitrogen and oxygen atoms in total. The van der Waals surface area contributed by atoms with E-state index in [1.165, 1.54) is 29.1 Å². The number of amides is 2. The summed E-state index contributed by atoms with van der Waals surface area (Å²) in [4.78, 5) is 30.0. The Hall–Kier alpha value is -2.74. The van der Waals surface area contributed by atoms with E-state index in [-0.39, 0.29) is 29.4 Å². The summed E-state index contributed by atoms with van der Waals surface area (Å²) in [6.07, 6.45) is 2.40. The second-order valence-corrected chi connectivity index (χ2v) is 6.01. The number of nitrogens with one attached hydrogen (secondary N) is 1. The van der Waals surface area contributed by atoms with Crippen LogP contribution in [0.3, 0.4) is 0 Å². The number of hydrogen-bond donors (Lipinski definition) is 1. The summed E-state index contributed by atoms with van der Waals surface area (Å²) >= 11 is 0. The Morgan fingerprint density at radius 3 is 2.76 bits per heavy atom. The van der Waals surface area contributed by atoms with E-state index < -0.39 is 6.03 Å². The SMILES string of the molecule is C[C@H]1CN(C(=O)Nc2nccn(C)c2=O)C[C@@H](c2ccc(F)cc2)O1. The molecule has 0 bridgehead atoms. The fraction of sp³-hybridized carbons (Fsp3) is 0.353. The van der Waals surface area contributed by atoms with Crippen molar-refractivity contribution in [2.75, 3.05) is 18.4 Å². The number of urea groups is 1. The zero-order valence-electron chi connectivity index (χ0n) is 14.0. The van der Waals surface area contributed by atoms with Gasteiger partial charge in [0.1, 0.15) is 11.9 Å². The van der Waals surface area contributed by atoms with Crippen LogP contribution in [0.15, 0.2) is 41.5 Å². The summed E-state index contributed by atoms with van der Waals surface area (Å²) in [6, 6.07) is 5.59. The number of aryl methyl sites for hydroxylation is 1. The summed E-state index contributed by atoms with van der Waals surface area (Å²) in [6.45, 7) is 2.54. The maximum Gasteiger partial charge on any atom is 0.323 e. The van der Waals surface area contributed by atoms with Crippen LogP contribution in [0.2, 0.25) is 0 Å². The standard InChI is InChI=1S/C17H19FN4O3/c1-11-9-22(10-14(25-11)12-3-5-13(18)6-4-12)17(24)20-15-16(23)21(2)8-7-19-15/h3-8,11,14H,9-10H2,1-2H3,(H,19,20,24)/t11-,14-/m0/s1. The first kappa shape index (κ1) is 17.1. The normalized spacial score (nSPS) is 20.4. The van der Waals surface area contributed by atoms with E-state index in [9.17, 15) is 14.0 Å². The van der Waals surface area contributed by atoms with E-state index in [4.69, 9.17) is 4.74 Å². The zero-order chi connectivity index (χ0) is 18.0. The first-order valence-corrected chi connectivity index (χ1v) is 7.92. The Labute approximate surface area is 144 Å². The molecule has 2 heterocycles. The zero-order valence-corrected chi connectivity index (χ0v) is 14.0. The minimum Gasteiger partial charge on any atom is -0.367 e. The van der Waals surface area contributed by atoms with Crippen molar-refractivity contribution < 1.29 is 13.9 Å². The second-order valence-electron chi connectivity index (χ2n) is 6.01. The molecule has 0 spiro atoms. The Bertz CT molecular complexity index is 821. The molecule has 132 valence electrons. The number of carbonyl (C=O) groups excluding carboxylic acids is 1. The number of nitrogens with zero attached hydrogens (tertiary/aromatic N) is 3. The number of morpholine rings is 1. The fourth-order valence-electron chi connectivity index (χ4n) is 2.74. The number of anilines is 1. The Morgan fingerprint density at radius 2 is 2.04 bits per heavy atom. The molecule has 1 aromatic heterocycles. The molecule has 8 heteroatoms. The number of carbonyl (C=O) groups is 1. The first-order chi connectivity index (χ1) is 11.9. The molecule has 1 aliphatic rings. The van der Waals surface area contributed by atoms with E-state index in [2.05, 4.69) is 10.3 Å². The lowest BCUT2D eigenvalue weighted by Crippen LogP contribution is -2.48. The van der Waals surface area contributed by atoms with E-state index in [0.29, 0.717) is 13.1 Å². The molecule has 3 rings (SSSR count). The van der Waals surface area contributed by atoms with Crippen LogP contribution in [0.1, 0.15) is 18.6 Å². The molecule has 1 N–H and O–H groups in total. The third-order valence-electron chi connectivity index (χ3n) is 4.03. The maximum absolute atomic E-state index is 13.1. The maximum atomic E-state index is 13.1. The molecule has 2 aromatic rings. The minimum atomic E-state index is -0.418. The lowest BCUT2D eigenvalue weighted by molar-refractivity contribution is -0.0643. The highest BCUT2D eigenvalue weighted by atomic mass is 19.1. The highest BCUT2D eigenvalue weighted by Crippen LogP contribution is 2.25. The van der Waals surface area contributed by atoms with Gasteiger partial charge >= 0.3 is 6.03 Å². The van der Waals surface area contributed by atoms with Crippen molar-refractivity contribution in [1.82, 2.24) is 14.5 Å². The average Bonchev–Trinajstić information content (AvgIpc) is 2.59. The van der Waals surface area contributed by atoms with Crippen LogP contribution in [-0.4, -0.2) is 39.7 Å². The minimum absolute atomic E-state index is 0.0209. The van der Waals surface area contributed by atoms with Crippen LogP contribution in [0.4, 0.5) is 15.0 Å². The largest absolute Gasteiger partial charge is 0.367 e. The molecule has 1 fully saturated rings. The van der Waals surface area contributed by atoms with E-state index in [0.717, 1.165) is 5.56 Å². The molecule has 1 saturated heterocycles. The summed E-state index contributed by atoms with van der Waals surface area (Å²) in [5.74, 6) is -0.347. The van der Waals surface area contributed by atoms with Crippen LogP contribution in [-0.2, 0) is 11.8 Å². The van der Waals surface area contributed by atoms with Crippen molar-refractivity contribution in [3.8, 4) is 0 Å². The van der Waals surface area contributed by atoms with Gasteiger partial charge in [-0.05, 0) is 24.6 Å². The second kappa shape index (κ2) is 7.02. The van der Waals surface area contributed by atoms with Gasteiger partial charge in [0.15, 0.2) is 0 Å². The molecule has 0 saturated carbocycles. The van der Waals surface area contributed by atoms with Crippen LogP contribution in [0, 0.1) is 5.82 Å². The van der Waals surface area contributed by atoms with Gasteiger partial charge < -0.3 is 14.2 Å². The van der Waals surface area contributed by atoms with Gasteiger partial charge in [-0.1, -0.05) is 12.1 Å². The van der Waals surface area contributed by atoms with Crippen LogP contribution < -0.4 is 10.9 Å². The quantitative estimate of drug-likeness (QED) is 0.901. The van der Waals surface area contributed by atoms with Crippen molar-refractivity contribution in [3.05, 3.63) is 58.4 Å². The Kier molecular flexibility index (Phi) is 4.80. The summed E-state index contributed by atoms with van der Waals surface area (Å²) in [7, 11) is 1.58. The molecule has 0 radical (unpaired) electrons. The molecule has 2 amide bonds. The van der Waals surface area contributed by atoms with E-state index in [1.807, 2.05) is 6.92 Å². The molecular weight excluding hydrogens is 327 g/mol. The highest BCUT2D eigenvalue weighted by molar-refractivity contribution is 5.88. The third kappa shape index (κ3) is 3.85. The number of rotatable bonds is 2. The van der Waals surface area contributed by atoms with Gasteiger partial charge in [0.25, 0.3) is 5.56 Å². The van der Waals surface area contributed by atoms with Gasteiger partial charge in [-0.3, -0.25) is 10.1 Å². The molecule has 25 heavy (non-hydrogen) atoms. The van der Waals surface area contributed by atoms with Crippen molar-refractivity contribution >= 4 is 11.8 Å². The molecule has 2 atom stereocenters. The first-order valence-electron chi connectivity index (χ1n) is 7.92. The van der Waals surface area contributed by atoms with Crippen molar-refractivity contribution in [1.29, 1.82) is 0 Å². The third-order valence-corrected chi connectivity index (χ3v) is 4.03. The van der Waals surface area contributed by atoms with Crippen LogP contribution >= 0.6 is 0 Å². The van der Waals surface area contributed by atoms with Crippen molar-refractivity contribution in [3.63, 3.8) is 0 Å². The lowest BCUT2D eigenvalue weighted by atomic mass is 10.1. The van der Waals surface area contributed by atoms with E-state index in [1.54, 1.807) is 24.1 Å². The smallest absolute Gasteiger partial charge is 0.323 e. The molecule has 0 unspecified atom stereocenters. The highest BCUT2D eigenvalue weighted by Gasteiger charge is 2.30.